The molecule has 3 aromatic rings. The van der Waals surface area contributed by atoms with Gasteiger partial charge in [0.05, 0.1) is 11.1 Å². The van der Waals surface area contributed by atoms with Crippen LogP contribution in [0.15, 0.2) is 77.8 Å². The normalized spacial score (nSPS) is 17.3. The van der Waals surface area contributed by atoms with Crippen molar-refractivity contribution in [3.63, 3.8) is 0 Å². The van der Waals surface area contributed by atoms with Crippen molar-refractivity contribution >= 4 is 17.6 Å². The summed E-state index contributed by atoms with van der Waals surface area (Å²) in [5.41, 5.74) is 1.25. The Hall–Kier alpha value is -4.01. The summed E-state index contributed by atoms with van der Waals surface area (Å²) in [4.78, 5) is 21.4. The van der Waals surface area contributed by atoms with Crippen molar-refractivity contribution in [1.82, 2.24) is 15.1 Å². The van der Waals surface area contributed by atoms with E-state index in [1.807, 2.05) is 49.4 Å². The number of hydrogen-bond acceptors (Lipinski definition) is 4. The maximum absolute atomic E-state index is 13.3. The molecule has 3 aromatic carbocycles. The molecule has 1 atom stereocenters. The summed E-state index contributed by atoms with van der Waals surface area (Å²) in [5.74, 6) is 1.10. The van der Waals surface area contributed by atoms with Crippen LogP contribution in [0, 0.1) is 0 Å². The number of para-hydroxylation sites is 1. The van der Waals surface area contributed by atoms with Gasteiger partial charge in [-0.05, 0) is 42.8 Å². The minimum absolute atomic E-state index is 0.0549. The number of carbonyl (C=O) groups is 1. The van der Waals surface area contributed by atoms with Crippen LogP contribution in [0.4, 0.5) is 23.7 Å². The topological polar surface area (TPSA) is 57.2 Å². The number of piperazine rings is 1. The monoisotopic (exact) mass is 494 g/mol. The van der Waals surface area contributed by atoms with Gasteiger partial charge in [-0.2, -0.15) is 13.2 Å². The van der Waals surface area contributed by atoms with Crippen LogP contribution in [0.5, 0.6) is 11.5 Å². The van der Waals surface area contributed by atoms with Gasteiger partial charge >= 0.3 is 12.2 Å². The van der Waals surface area contributed by atoms with E-state index in [0.29, 0.717) is 49.0 Å². The fourth-order valence-electron chi connectivity index (χ4n) is 4.47. The van der Waals surface area contributed by atoms with E-state index in [9.17, 15) is 18.0 Å². The van der Waals surface area contributed by atoms with Gasteiger partial charge in [-0.1, -0.05) is 42.5 Å². The Labute approximate surface area is 207 Å². The number of ether oxygens (including phenoxy) is 1. The minimum atomic E-state index is -4.48. The number of rotatable bonds is 2. The zero-order chi connectivity index (χ0) is 25.3. The molecule has 36 heavy (non-hydrogen) atoms. The molecule has 0 aromatic heterocycles. The van der Waals surface area contributed by atoms with Crippen LogP contribution in [0.3, 0.4) is 0 Å². The molecular formula is C27H25F3N4O2. The first-order valence-electron chi connectivity index (χ1n) is 11.7. The summed E-state index contributed by atoms with van der Waals surface area (Å²) < 4.78 is 45.8. The van der Waals surface area contributed by atoms with Crippen molar-refractivity contribution in [3.05, 3.63) is 89.5 Å². The fourth-order valence-corrected chi connectivity index (χ4v) is 4.47. The Kier molecular flexibility index (Phi) is 6.30. The third-order valence-corrected chi connectivity index (χ3v) is 6.34. The zero-order valence-corrected chi connectivity index (χ0v) is 19.6. The lowest BCUT2D eigenvalue weighted by Crippen LogP contribution is -2.57. The van der Waals surface area contributed by atoms with Gasteiger partial charge in [0.25, 0.3) is 0 Å². The highest BCUT2D eigenvalue weighted by molar-refractivity contribution is 6.04. The lowest BCUT2D eigenvalue weighted by molar-refractivity contribution is -0.137. The molecular weight excluding hydrogens is 469 g/mol. The molecule has 0 unspecified atom stereocenters. The lowest BCUT2D eigenvalue weighted by Gasteiger charge is -2.41. The molecule has 1 saturated heterocycles. The van der Waals surface area contributed by atoms with E-state index in [4.69, 9.17) is 9.73 Å². The minimum Gasteiger partial charge on any atom is -0.454 e. The predicted octanol–water partition coefficient (Wildman–Crippen LogP) is 5.81. The number of nitrogens with zero attached hydrogens (tertiary/aromatic N) is 3. The first kappa shape index (κ1) is 23.7. The zero-order valence-electron chi connectivity index (χ0n) is 19.6. The Morgan fingerprint density at radius 3 is 2.53 bits per heavy atom. The van der Waals surface area contributed by atoms with Gasteiger partial charge in [0, 0.05) is 32.2 Å². The van der Waals surface area contributed by atoms with Crippen LogP contribution >= 0.6 is 0 Å². The largest absolute Gasteiger partial charge is 0.454 e. The molecule has 0 saturated carbocycles. The van der Waals surface area contributed by atoms with Gasteiger partial charge in [-0.3, -0.25) is 0 Å². The number of alkyl halides is 3. The molecule has 0 bridgehead atoms. The molecule has 1 N–H and O–H groups in total. The Bertz CT molecular complexity index is 1290. The van der Waals surface area contributed by atoms with Crippen LogP contribution in [-0.4, -0.2) is 47.3 Å². The Morgan fingerprint density at radius 1 is 1.03 bits per heavy atom. The van der Waals surface area contributed by atoms with Crippen molar-refractivity contribution in [2.75, 3.05) is 19.6 Å². The van der Waals surface area contributed by atoms with Crippen molar-refractivity contribution in [2.24, 2.45) is 4.99 Å². The van der Waals surface area contributed by atoms with Crippen LogP contribution in [-0.2, 0) is 12.7 Å². The van der Waals surface area contributed by atoms with Gasteiger partial charge in [-0.25, -0.2) is 9.79 Å². The Balaban J connectivity index is 1.37. The summed E-state index contributed by atoms with van der Waals surface area (Å²) in [5, 5.41) is 2.98. The molecule has 186 valence electrons. The first-order valence-corrected chi connectivity index (χ1v) is 11.7. The number of nitrogens with one attached hydrogen (secondary N) is 1. The standard InChI is InChI=1S/C27H25F3N4O2/c1-18-17-33(13-14-34(18)26(35)31-16-19-7-3-2-4-8-19)25-21-9-5-6-10-23(21)36-24-15-20(27(28,29)30)11-12-22(24)32-25/h2-12,15,18H,13-14,16-17H2,1H3,(H,31,35)/t18-/m1/s1. The first-order chi connectivity index (χ1) is 17.3. The highest BCUT2D eigenvalue weighted by Crippen LogP contribution is 2.42. The Morgan fingerprint density at radius 2 is 1.78 bits per heavy atom. The van der Waals surface area contributed by atoms with Crippen LogP contribution in [0.1, 0.15) is 23.6 Å². The number of aliphatic imine (C=N–C) groups is 1. The second kappa shape index (κ2) is 9.56. The van der Waals surface area contributed by atoms with Gasteiger partial charge in [0.2, 0.25) is 0 Å². The second-order valence-electron chi connectivity index (χ2n) is 8.85. The lowest BCUT2D eigenvalue weighted by atomic mass is 10.1. The van der Waals surface area contributed by atoms with Crippen LogP contribution in [0.25, 0.3) is 0 Å². The second-order valence-corrected chi connectivity index (χ2v) is 8.85. The van der Waals surface area contributed by atoms with E-state index >= 15 is 0 Å². The average molecular weight is 495 g/mol. The number of carbonyl (C=O) groups excluding carboxylic acids is 1. The number of benzene rings is 3. The van der Waals surface area contributed by atoms with Gasteiger partial charge in [0.15, 0.2) is 5.75 Å². The molecule has 9 heteroatoms. The van der Waals surface area contributed by atoms with Crippen molar-refractivity contribution in [1.29, 1.82) is 0 Å². The maximum Gasteiger partial charge on any atom is 0.416 e. The molecule has 2 heterocycles. The van der Waals surface area contributed by atoms with Crippen molar-refractivity contribution in [3.8, 4) is 11.5 Å². The number of halogens is 3. The van der Waals surface area contributed by atoms with Gasteiger partial charge in [0.1, 0.15) is 17.3 Å². The van der Waals surface area contributed by atoms with E-state index in [0.717, 1.165) is 17.7 Å². The number of fused-ring (bicyclic) bond motifs is 2. The molecule has 0 spiro atoms. The van der Waals surface area contributed by atoms with E-state index in [1.54, 1.807) is 17.0 Å². The summed E-state index contributed by atoms with van der Waals surface area (Å²) in [6.45, 7) is 3.93. The third kappa shape index (κ3) is 4.86. The third-order valence-electron chi connectivity index (χ3n) is 6.34. The smallest absolute Gasteiger partial charge is 0.416 e. The van der Waals surface area contributed by atoms with Crippen LogP contribution < -0.4 is 10.1 Å². The summed E-state index contributed by atoms with van der Waals surface area (Å²) in [6.07, 6.45) is -4.48. The molecule has 0 radical (unpaired) electrons. The van der Waals surface area contributed by atoms with Gasteiger partial charge < -0.3 is 19.9 Å². The SMILES string of the molecule is C[C@@H]1CN(C2=Nc3ccc(C(F)(F)F)cc3Oc3ccccc32)CCN1C(=O)NCc1ccccc1. The number of amidine groups is 1. The van der Waals surface area contributed by atoms with Crippen molar-refractivity contribution in [2.45, 2.75) is 25.7 Å². The summed E-state index contributed by atoms with van der Waals surface area (Å²) >= 11 is 0. The molecule has 1 fully saturated rings. The van der Waals surface area contributed by atoms with E-state index in [2.05, 4.69) is 10.2 Å². The van der Waals surface area contributed by atoms with Crippen LogP contribution in [0.2, 0.25) is 0 Å². The van der Waals surface area contributed by atoms with E-state index in [-0.39, 0.29) is 17.8 Å². The molecule has 2 amide bonds. The van der Waals surface area contributed by atoms with Crippen molar-refractivity contribution < 1.29 is 22.7 Å². The molecule has 2 aliphatic heterocycles. The quantitative estimate of drug-likeness (QED) is 0.490. The maximum atomic E-state index is 13.3. The molecule has 6 nitrogen and oxygen atoms in total. The number of hydrogen-bond donors (Lipinski definition) is 1. The molecule has 0 aliphatic carbocycles. The molecule has 2 aliphatic rings. The number of amides is 2. The van der Waals surface area contributed by atoms with Gasteiger partial charge in [-0.15, -0.1) is 0 Å². The number of urea groups is 1. The highest BCUT2D eigenvalue weighted by Gasteiger charge is 2.34. The average Bonchev–Trinajstić information content (AvgIpc) is 3.03. The summed E-state index contributed by atoms with van der Waals surface area (Å²) in [6, 6.07) is 20.0. The highest BCUT2D eigenvalue weighted by atomic mass is 19.4. The van der Waals surface area contributed by atoms with E-state index < -0.39 is 11.7 Å². The fraction of sp³-hybridized carbons (Fsp3) is 0.259. The summed E-state index contributed by atoms with van der Waals surface area (Å²) in [7, 11) is 0. The van der Waals surface area contributed by atoms with E-state index in [1.165, 1.54) is 6.07 Å². The molecule has 5 rings (SSSR count). The predicted molar refractivity (Wildman–Crippen MR) is 131 cm³/mol.